The van der Waals surface area contributed by atoms with Gasteiger partial charge in [0.05, 0.1) is 5.52 Å². The first kappa shape index (κ1) is 17.6. The zero-order chi connectivity index (χ0) is 19.1. The first-order valence-corrected chi connectivity index (χ1v) is 10.2. The summed E-state index contributed by atoms with van der Waals surface area (Å²) < 4.78 is 0. The molecule has 0 saturated carbocycles. The summed E-state index contributed by atoms with van der Waals surface area (Å²) in [6.07, 6.45) is 6.11. The third-order valence-electron chi connectivity index (χ3n) is 6.86. The van der Waals surface area contributed by atoms with Crippen molar-refractivity contribution in [2.24, 2.45) is 11.8 Å². The Morgan fingerprint density at radius 1 is 1.07 bits per heavy atom. The third-order valence-corrected chi connectivity index (χ3v) is 6.86. The highest BCUT2D eigenvalue weighted by atomic mass is 16.3. The largest absolute Gasteiger partial charge is 0.379 e. The predicted molar refractivity (Wildman–Crippen MR) is 113 cm³/mol. The summed E-state index contributed by atoms with van der Waals surface area (Å²) in [4.78, 5) is 7.01. The second-order valence-electron chi connectivity index (χ2n) is 8.20. The van der Waals surface area contributed by atoms with Gasteiger partial charge in [0.15, 0.2) is 0 Å². The van der Waals surface area contributed by atoms with Gasteiger partial charge < -0.3 is 5.11 Å². The van der Waals surface area contributed by atoms with Crippen molar-refractivity contribution in [3.8, 4) is 0 Å². The molecule has 3 saturated heterocycles. The van der Waals surface area contributed by atoms with Crippen LogP contribution >= 0.6 is 0 Å². The number of piperidine rings is 3. The highest BCUT2D eigenvalue weighted by Crippen LogP contribution is 2.47. The van der Waals surface area contributed by atoms with Crippen LogP contribution in [0.2, 0.25) is 0 Å². The van der Waals surface area contributed by atoms with Crippen molar-refractivity contribution in [3.63, 3.8) is 0 Å². The van der Waals surface area contributed by atoms with Crippen molar-refractivity contribution >= 4 is 10.9 Å². The molecule has 3 heteroatoms. The van der Waals surface area contributed by atoms with Gasteiger partial charge in [-0.15, -0.1) is 6.58 Å². The first-order chi connectivity index (χ1) is 13.7. The van der Waals surface area contributed by atoms with Gasteiger partial charge in [0.1, 0.15) is 5.60 Å². The number of hydrogen-bond acceptors (Lipinski definition) is 3. The standard InChI is InChI=1S/C25H26N2O/c1-2-18-17-27-15-13-19(18)16-24(27)25(28,20-8-4-3-5-9-20)22-12-14-26-23-11-7-6-10-21(22)23/h2-12,14,18-19,24,28H,1,13,15-17H2/t18-,19-,24+,25-/m0/s1. The van der Waals surface area contributed by atoms with Crippen LogP contribution in [0.25, 0.3) is 10.9 Å². The number of aliphatic hydroxyl groups is 1. The van der Waals surface area contributed by atoms with Crippen LogP contribution in [0, 0.1) is 11.8 Å². The number of rotatable bonds is 4. The van der Waals surface area contributed by atoms with E-state index in [1.165, 1.54) is 6.42 Å². The van der Waals surface area contributed by atoms with Crippen LogP contribution in [0.1, 0.15) is 24.0 Å². The Morgan fingerprint density at radius 2 is 1.86 bits per heavy atom. The summed E-state index contributed by atoms with van der Waals surface area (Å²) in [7, 11) is 0. The lowest BCUT2D eigenvalue weighted by Gasteiger charge is -2.54. The van der Waals surface area contributed by atoms with Crippen molar-refractivity contribution in [2.75, 3.05) is 13.1 Å². The lowest BCUT2D eigenvalue weighted by atomic mass is 9.67. The van der Waals surface area contributed by atoms with Gasteiger partial charge in [0.25, 0.3) is 0 Å². The van der Waals surface area contributed by atoms with Crippen molar-refractivity contribution in [2.45, 2.75) is 24.5 Å². The van der Waals surface area contributed by atoms with E-state index in [4.69, 9.17) is 0 Å². The minimum atomic E-state index is -1.07. The van der Waals surface area contributed by atoms with Crippen molar-refractivity contribution < 1.29 is 5.11 Å². The molecule has 2 bridgehead atoms. The van der Waals surface area contributed by atoms with Crippen molar-refractivity contribution in [1.29, 1.82) is 0 Å². The van der Waals surface area contributed by atoms with Crippen LogP contribution in [-0.2, 0) is 5.60 Å². The Hall–Kier alpha value is -2.49. The molecule has 1 unspecified atom stereocenters. The highest BCUT2D eigenvalue weighted by Gasteiger charge is 2.50. The van der Waals surface area contributed by atoms with E-state index in [1.807, 2.05) is 48.7 Å². The summed E-state index contributed by atoms with van der Waals surface area (Å²) in [5.74, 6) is 1.12. The lowest BCUT2D eigenvalue weighted by molar-refractivity contribution is -0.0867. The smallest absolute Gasteiger partial charge is 0.131 e. The van der Waals surface area contributed by atoms with E-state index < -0.39 is 5.60 Å². The number of pyridine rings is 1. The molecule has 142 valence electrons. The minimum Gasteiger partial charge on any atom is -0.379 e. The van der Waals surface area contributed by atoms with Gasteiger partial charge in [-0.25, -0.2) is 0 Å². The molecule has 0 radical (unpaired) electrons. The summed E-state index contributed by atoms with van der Waals surface area (Å²) in [5, 5.41) is 13.5. The predicted octanol–water partition coefficient (Wildman–Crippen LogP) is 4.37. The number of hydrogen-bond donors (Lipinski definition) is 1. The maximum atomic E-state index is 12.5. The third kappa shape index (κ3) is 2.61. The molecule has 2 aromatic carbocycles. The van der Waals surface area contributed by atoms with Gasteiger partial charge in [-0.3, -0.25) is 9.88 Å². The van der Waals surface area contributed by atoms with Gasteiger partial charge >= 0.3 is 0 Å². The van der Waals surface area contributed by atoms with E-state index in [2.05, 4.69) is 40.7 Å². The fraction of sp³-hybridized carbons (Fsp3) is 0.320. The van der Waals surface area contributed by atoms with Crippen LogP contribution in [0.15, 0.2) is 79.5 Å². The Morgan fingerprint density at radius 3 is 2.61 bits per heavy atom. The molecule has 3 aliphatic heterocycles. The molecule has 6 rings (SSSR count). The van der Waals surface area contributed by atoms with Crippen molar-refractivity contribution in [3.05, 3.63) is 90.6 Å². The molecule has 0 amide bonds. The molecule has 3 aliphatic rings. The van der Waals surface area contributed by atoms with E-state index in [-0.39, 0.29) is 6.04 Å². The molecule has 3 fully saturated rings. The Labute approximate surface area is 166 Å². The molecular weight excluding hydrogens is 344 g/mol. The van der Waals surface area contributed by atoms with Gasteiger partial charge in [0.2, 0.25) is 0 Å². The number of fused-ring (bicyclic) bond motifs is 4. The number of para-hydroxylation sites is 1. The van der Waals surface area contributed by atoms with Crippen LogP contribution in [-0.4, -0.2) is 34.1 Å². The molecule has 3 nitrogen and oxygen atoms in total. The number of aromatic nitrogens is 1. The van der Waals surface area contributed by atoms with E-state index >= 15 is 0 Å². The number of benzene rings is 2. The zero-order valence-corrected chi connectivity index (χ0v) is 16.0. The fourth-order valence-electron chi connectivity index (χ4n) is 5.42. The first-order valence-electron chi connectivity index (χ1n) is 10.2. The summed E-state index contributed by atoms with van der Waals surface area (Å²) >= 11 is 0. The molecule has 1 aromatic heterocycles. The Bertz CT molecular complexity index is 996. The highest BCUT2D eigenvalue weighted by molar-refractivity contribution is 5.83. The maximum absolute atomic E-state index is 12.5. The molecule has 1 N–H and O–H groups in total. The van der Waals surface area contributed by atoms with Crippen LogP contribution in [0.4, 0.5) is 0 Å². The van der Waals surface area contributed by atoms with E-state index in [1.54, 1.807) is 0 Å². The second kappa shape index (κ2) is 6.84. The summed E-state index contributed by atoms with van der Waals surface area (Å²) in [6, 6.07) is 20.4. The van der Waals surface area contributed by atoms with Gasteiger partial charge in [-0.1, -0.05) is 54.6 Å². The molecule has 28 heavy (non-hydrogen) atoms. The summed E-state index contributed by atoms with van der Waals surface area (Å²) in [6.45, 7) is 6.07. The quantitative estimate of drug-likeness (QED) is 0.693. The van der Waals surface area contributed by atoms with Crippen molar-refractivity contribution in [1.82, 2.24) is 9.88 Å². The maximum Gasteiger partial charge on any atom is 0.131 e. The normalized spacial score (nSPS) is 28.8. The zero-order valence-electron chi connectivity index (χ0n) is 16.0. The molecular formula is C25H26N2O. The van der Waals surface area contributed by atoms with E-state index in [0.29, 0.717) is 11.8 Å². The lowest BCUT2D eigenvalue weighted by Crippen LogP contribution is -2.61. The molecule has 4 heterocycles. The van der Waals surface area contributed by atoms with Crippen LogP contribution < -0.4 is 0 Å². The molecule has 0 aliphatic carbocycles. The average Bonchev–Trinajstić information content (AvgIpc) is 2.79. The van der Waals surface area contributed by atoms with Gasteiger partial charge in [-0.2, -0.15) is 0 Å². The topological polar surface area (TPSA) is 36.4 Å². The SMILES string of the molecule is C=C[C@H]1CN2CC[C@H]1C[C@@H]2[C@](O)(c1ccccc1)c1ccnc2ccccc12. The summed E-state index contributed by atoms with van der Waals surface area (Å²) in [5.41, 5.74) is 1.76. The van der Waals surface area contributed by atoms with Crippen LogP contribution in [0.5, 0.6) is 0 Å². The van der Waals surface area contributed by atoms with Gasteiger partial charge in [-0.05, 0) is 48.9 Å². The second-order valence-corrected chi connectivity index (χ2v) is 8.20. The average molecular weight is 370 g/mol. The van der Waals surface area contributed by atoms with E-state index in [9.17, 15) is 5.11 Å². The monoisotopic (exact) mass is 370 g/mol. The fourth-order valence-corrected chi connectivity index (χ4v) is 5.42. The van der Waals surface area contributed by atoms with Crippen LogP contribution in [0.3, 0.4) is 0 Å². The minimum absolute atomic E-state index is 0.0515. The molecule has 5 atom stereocenters. The molecule has 0 spiro atoms. The Kier molecular flexibility index (Phi) is 4.30. The van der Waals surface area contributed by atoms with Gasteiger partial charge in [0, 0.05) is 29.7 Å². The molecule has 3 aromatic rings. The number of nitrogens with zero attached hydrogens (tertiary/aromatic N) is 2. The Balaban J connectivity index is 1.70. The van der Waals surface area contributed by atoms with E-state index in [0.717, 1.165) is 41.5 Å².